The molecule has 0 N–H and O–H groups in total. The second-order valence-electron chi connectivity index (χ2n) is 23.2. The summed E-state index contributed by atoms with van der Waals surface area (Å²) in [6.45, 7) is 38.8. The Bertz CT molecular complexity index is 2620. The molecule has 0 saturated heterocycles. The first-order valence-corrected chi connectivity index (χ1v) is 37.7. The molecule has 0 atom stereocenters. The van der Waals surface area contributed by atoms with E-state index in [1.165, 1.54) is 98.3 Å². The zero-order valence-electron chi connectivity index (χ0n) is 41.8. The maximum atomic E-state index is 2.55. The van der Waals surface area contributed by atoms with Crippen molar-refractivity contribution >= 4 is 119 Å². The highest BCUT2D eigenvalue weighted by molar-refractivity contribution is 6.90. The summed E-state index contributed by atoms with van der Waals surface area (Å²) in [5, 5.41) is 13.9. The molecule has 8 aromatic rings. The second-order valence-corrected chi connectivity index (χ2v) is 43.5. The summed E-state index contributed by atoms with van der Waals surface area (Å²) in [6, 6.07) is 53.0. The van der Waals surface area contributed by atoms with E-state index in [2.05, 4.69) is 250 Å². The van der Waals surface area contributed by atoms with Crippen LogP contribution >= 0.6 is 0 Å². The van der Waals surface area contributed by atoms with Gasteiger partial charge < -0.3 is 9.80 Å². The third-order valence-electron chi connectivity index (χ3n) is 13.6. The average Bonchev–Trinajstić information content (AvgIpc) is 3.22. The predicted molar refractivity (Wildman–Crippen MR) is 300 cm³/mol. The van der Waals surface area contributed by atoms with Crippen LogP contribution in [-0.2, 0) is 0 Å². The number of rotatable bonds is 12. The van der Waals surface area contributed by atoms with E-state index in [4.69, 9.17) is 0 Å². The highest BCUT2D eigenvalue weighted by Crippen LogP contribution is 2.51. The van der Waals surface area contributed by atoms with Gasteiger partial charge in [-0.25, -0.2) is 0 Å². The Morgan fingerprint density at radius 2 is 0.516 bits per heavy atom. The highest BCUT2D eigenvalue weighted by atomic mass is 28.3. The van der Waals surface area contributed by atoms with Crippen molar-refractivity contribution in [1.82, 2.24) is 0 Å². The minimum Gasteiger partial charge on any atom is -0.310 e. The van der Waals surface area contributed by atoms with Gasteiger partial charge in [-0.05, 0) is 105 Å². The molecule has 0 bridgehead atoms. The molecule has 0 aliphatic carbocycles. The van der Waals surface area contributed by atoms with E-state index in [1.54, 1.807) is 0 Å². The average molecular weight is 910 g/mol. The lowest BCUT2D eigenvalue weighted by Crippen LogP contribution is -2.37. The maximum Gasteiger partial charge on any atom is 0.0775 e. The van der Waals surface area contributed by atoms with Crippen LogP contribution in [0, 0.1) is 0 Å². The van der Waals surface area contributed by atoms with Crippen LogP contribution < -0.4 is 30.5 Å². The van der Waals surface area contributed by atoms with Gasteiger partial charge in [-0.15, -0.1) is 0 Å². The number of nitrogens with zero attached hydrogens (tertiary/aromatic N) is 2. The van der Waals surface area contributed by atoms with Gasteiger partial charge in [0.1, 0.15) is 0 Å². The van der Waals surface area contributed by atoms with Crippen molar-refractivity contribution in [2.45, 2.75) is 118 Å². The van der Waals surface area contributed by atoms with Gasteiger partial charge in [0, 0.05) is 33.5 Å². The van der Waals surface area contributed by atoms with Crippen molar-refractivity contribution in [3.8, 4) is 0 Å². The molecule has 2 nitrogen and oxygen atoms in total. The summed E-state index contributed by atoms with van der Waals surface area (Å²) in [5.41, 5.74) is 10.1. The van der Waals surface area contributed by atoms with Crippen molar-refractivity contribution in [2.75, 3.05) is 9.80 Å². The van der Waals surface area contributed by atoms with Crippen LogP contribution in [0.2, 0.25) is 78.6 Å². The van der Waals surface area contributed by atoms with Crippen molar-refractivity contribution < 1.29 is 0 Å². The second kappa shape index (κ2) is 16.6. The zero-order valence-corrected chi connectivity index (χ0v) is 45.8. The molecule has 0 fully saturated rings. The molecular weight excluding hydrogens is 837 g/mol. The summed E-state index contributed by atoms with van der Waals surface area (Å²) in [5.74, 6) is 0.646. The molecule has 0 heterocycles. The molecule has 0 unspecified atom stereocenters. The zero-order chi connectivity index (χ0) is 46.3. The Morgan fingerprint density at radius 1 is 0.297 bits per heavy atom. The van der Waals surface area contributed by atoms with Crippen LogP contribution in [0.15, 0.2) is 133 Å². The van der Waals surface area contributed by atoms with Gasteiger partial charge in [-0.1, -0.05) is 200 Å². The fourth-order valence-corrected chi connectivity index (χ4v) is 14.3. The Kier molecular flexibility index (Phi) is 11.9. The molecule has 0 radical (unpaired) electrons. The standard InChI is InChI=1S/C58H72N2Si4/c1-39(2)53-37-55(59(41-17-25-45(26-18-41)61(5,6)7)42-19-27-46(28-20-42)62(8,9)10)51-36-34-50-54(40(3)4)38-56(52-35-33-49(53)57(51)58(50)52)60(43-21-29-47(30-22-43)63(11,12)13)44-23-31-48(32-24-44)64(14,15)16/h17-40H,1-16H3. The van der Waals surface area contributed by atoms with Crippen LogP contribution in [0.3, 0.4) is 0 Å². The van der Waals surface area contributed by atoms with E-state index in [1.807, 2.05) is 0 Å². The molecule has 0 aliphatic rings. The van der Waals surface area contributed by atoms with Crippen LogP contribution in [0.1, 0.15) is 50.7 Å². The van der Waals surface area contributed by atoms with Gasteiger partial charge in [0.2, 0.25) is 0 Å². The van der Waals surface area contributed by atoms with Gasteiger partial charge in [0.25, 0.3) is 0 Å². The van der Waals surface area contributed by atoms with Crippen LogP contribution in [0.5, 0.6) is 0 Å². The lowest BCUT2D eigenvalue weighted by atomic mass is 9.84. The normalized spacial score (nSPS) is 13.0. The first-order chi connectivity index (χ1) is 29.9. The third kappa shape index (κ3) is 8.59. The molecule has 64 heavy (non-hydrogen) atoms. The fourth-order valence-electron chi connectivity index (χ4n) is 9.63. The minimum atomic E-state index is -1.51. The molecule has 0 aromatic heterocycles. The smallest absolute Gasteiger partial charge is 0.0775 e. The molecular formula is C58H72N2Si4. The van der Waals surface area contributed by atoms with E-state index in [0.717, 1.165) is 0 Å². The molecule has 0 spiro atoms. The Morgan fingerprint density at radius 3 is 0.719 bits per heavy atom. The first kappa shape index (κ1) is 45.8. The van der Waals surface area contributed by atoms with Crippen LogP contribution in [-0.4, -0.2) is 32.3 Å². The van der Waals surface area contributed by atoms with Gasteiger partial charge >= 0.3 is 0 Å². The quantitative estimate of drug-likeness (QED) is 0.0890. The summed E-state index contributed by atoms with van der Waals surface area (Å²) >= 11 is 0. The van der Waals surface area contributed by atoms with Crippen molar-refractivity contribution in [2.24, 2.45) is 0 Å². The molecule has 0 aliphatic heterocycles. The van der Waals surface area contributed by atoms with Crippen molar-refractivity contribution in [1.29, 1.82) is 0 Å². The summed E-state index contributed by atoms with van der Waals surface area (Å²) in [7, 11) is -6.02. The molecule has 0 saturated carbocycles. The molecule has 8 rings (SSSR count). The maximum absolute atomic E-state index is 2.55. The molecule has 8 aromatic carbocycles. The molecule has 330 valence electrons. The molecule has 6 heteroatoms. The summed E-state index contributed by atoms with van der Waals surface area (Å²) in [4.78, 5) is 5.10. The number of anilines is 6. The van der Waals surface area contributed by atoms with Crippen molar-refractivity contribution in [3.63, 3.8) is 0 Å². The van der Waals surface area contributed by atoms with Gasteiger partial charge in [-0.2, -0.15) is 0 Å². The van der Waals surface area contributed by atoms with Crippen molar-refractivity contribution in [3.05, 3.63) is 145 Å². The lowest BCUT2D eigenvalue weighted by molar-refractivity contribution is 0.875. The Hall–Kier alpha value is -4.73. The van der Waals surface area contributed by atoms with Gasteiger partial charge in [-0.3, -0.25) is 0 Å². The number of hydrogen-bond donors (Lipinski definition) is 0. The Balaban J connectivity index is 1.47. The summed E-state index contributed by atoms with van der Waals surface area (Å²) < 4.78 is 0. The summed E-state index contributed by atoms with van der Waals surface area (Å²) in [6.07, 6.45) is 0. The van der Waals surface area contributed by atoms with E-state index in [0.29, 0.717) is 11.8 Å². The number of benzene rings is 8. The fraction of sp³-hybridized carbons (Fsp3) is 0.310. The Labute approximate surface area is 389 Å². The van der Waals surface area contributed by atoms with E-state index >= 15 is 0 Å². The van der Waals surface area contributed by atoms with Gasteiger partial charge in [0.05, 0.1) is 43.7 Å². The molecule has 0 amide bonds. The highest BCUT2D eigenvalue weighted by Gasteiger charge is 2.28. The number of hydrogen-bond acceptors (Lipinski definition) is 2. The predicted octanol–water partition coefficient (Wildman–Crippen LogP) is 16.0. The monoisotopic (exact) mass is 908 g/mol. The van der Waals surface area contributed by atoms with E-state index in [9.17, 15) is 0 Å². The minimum absolute atomic E-state index is 0.323. The third-order valence-corrected chi connectivity index (χ3v) is 21.9. The van der Waals surface area contributed by atoms with Crippen LogP contribution in [0.25, 0.3) is 32.3 Å². The van der Waals surface area contributed by atoms with Gasteiger partial charge in [0.15, 0.2) is 0 Å². The lowest BCUT2D eigenvalue weighted by Gasteiger charge is -2.32. The van der Waals surface area contributed by atoms with Crippen LogP contribution in [0.4, 0.5) is 34.1 Å². The topological polar surface area (TPSA) is 6.48 Å². The SMILES string of the molecule is CC(C)c1cc(N(c2ccc([Si](C)(C)C)cc2)c2ccc([Si](C)(C)C)cc2)c2ccc3c(C(C)C)cc(N(c4ccc([Si](C)(C)C)cc4)c4ccc([Si](C)(C)C)cc4)c4ccc1c2c34. The van der Waals surface area contributed by atoms with E-state index in [-0.39, 0.29) is 0 Å². The first-order valence-electron chi connectivity index (χ1n) is 23.7. The van der Waals surface area contributed by atoms with E-state index < -0.39 is 32.3 Å². The largest absolute Gasteiger partial charge is 0.310 e.